The highest BCUT2D eigenvalue weighted by Crippen LogP contribution is 2.25. The molecule has 0 unspecified atom stereocenters. The molecule has 5 heteroatoms. The van der Waals surface area contributed by atoms with Gasteiger partial charge < -0.3 is 0 Å². The van der Waals surface area contributed by atoms with Crippen molar-refractivity contribution in [3.63, 3.8) is 0 Å². The molecule has 4 nitrogen and oxygen atoms in total. The third kappa shape index (κ3) is 1.64. The summed E-state index contributed by atoms with van der Waals surface area (Å²) >= 11 is 0. The molecule has 1 aromatic heterocycles. The average Bonchev–Trinajstić information content (AvgIpc) is 1.88. The Morgan fingerprint density at radius 3 is 1.90 bits per heavy atom. The quantitative estimate of drug-likeness (QED) is 0.564. The molecule has 0 aliphatic carbocycles. The fourth-order valence-corrected chi connectivity index (χ4v) is 1.06. The third-order valence-corrected chi connectivity index (χ3v) is 1.87. The van der Waals surface area contributed by atoms with Crippen molar-refractivity contribution in [3.8, 4) is 0 Å². The van der Waals surface area contributed by atoms with E-state index in [0.29, 0.717) is 0 Å². The van der Waals surface area contributed by atoms with E-state index in [9.17, 15) is 4.57 Å². The molecule has 1 heterocycles. The van der Waals surface area contributed by atoms with Gasteiger partial charge in [0.15, 0.2) is 12.4 Å². The molecule has 1 rings (SSSR count). The highest BCUT2D eigenvalue weighted by atomic mass is 31.2. The molecular formula is C5H7NO3P+. The van der Waals surface area contributed by atoms with Crippen LogP contribution in [-0.4, -0.2) is 9.79 Å². The SMILES string of the molecule is O=P(O)(O)[n+]1ccccc1. The summed E-state index contributed by atoms with van der Waals surface area (Å²) in [5.74, 6) is 0. The minimum Gasteiger partial charge on any atom is -0.271 e. The van der Waals surface area contributed by atoms with Crippen molar-refractivity contribution >= 4 is 7.75 Å². The Bertz CT molecular complexity index is 255. The molecule has 2 N–H and O–H groups in total. The van der Waals surface area contributed by atoms with E-state index < -0.39 is 7.75 Å². The number of hydrogen-bond donors (Lipinski definition) is 2. The molecule has 0 spiro atoms. The van der Waals surface area contributed by atoms with Gasteiger partial charge in [0.25, 0.3) is 0 Å². The van der Waals surface area contributed by atoms with Gasteiger partial charge in [-0.1, -0.05) is 6.07 Å². The van der Waals surface area contributed by atoms with E-state index in [-0.39, 0.29) is 0 Å². The fraction of sp³-hybridized carbons (Fsp3) is 0. The molecule has 54 valence electrons. The molecule has 0 aliphatic rings. The maximum atomic E-state index is 10.5. The molecule has 0 radical (unpaired) electrons. The van der Waals surface area contributed by atoms with E-state index in [2.05, 4.69) is 0 Å². The van der Waals surface area contributed by atoms with E-state index in [1.807, 2.05) is 0 Å². The zero-order valence-electron chi connectivity index (χ0n) is 5.08. The summed E-state index contributed by atoms with van der Waals surface area (Å²) in [6, 6.07) is 4.80. The van der Waals surface area contributed by atoms with Crippen LogP contribution in [0, 0.1) is 0 Å². The van der Waals surface area contributed by atoms with Gasteiger partial charge in [0, 0.05) is 12.1 Å². The van der Waals surface area contributed by atoms with E-state index in [1.165, 1.54) is 12.4 Å². The molecule has 1 aromatic rings. The molecule has 0 aliphatic heterocycles. The summed E-state index contributed by atoms with van der Waals surface area (Å²) < 4.78 is 11.3. The molecule has 0 aromatic carbocycles. The van der Waals surface area contributed by atoms with Crippen LogP contribution in [0.1, 0.15) is 0 Å². The summed E-state index contributed by atoms with van der Waals surface area (Å²) in [5.41, 5.74) is 0. The van der Waals surface area contributed by atoms with Crippen LogP contribution in [0.3, 0.4) is 0 Å². The van der Waals surface area contributed by atoms with Gasteiger partial charge in [-0.2, -0.15) is 4.57 Å². The van der Waals surface area contributed by atoms with Gasteiger partial charge in [-0.15, -0.1) is 4.34 Å². The van der Waals surface area contributed by atoms with Gasteiger partial charge in [-0.05, 0) is 0 Å². The predicted molar refractivity (Wildman–Crippen MR) is 34.1 cm³/mol. The van der Waals surface area contributed by atoms with Crippen molar-refractivity contribution in [1.82, 2.24) is 0 Å². The second-order valence-electron chi connectivity index (χ2n) is 1.77. The summed E-state index contributed by atoms with van der Waals surface area (Å²) in [7, 11) is -4.10. The van der Waals surface area contributed by atoms with Gasteiger partial charge in [-0.25, -0.2) is 0 Å². The third-order valence-electron chi connectivity index (χ3n) is 1.00. The topological polar surface area (TPSA) is 61.4 Å². The van der Waals surface area contributed by atoms with Gasteiger partial charge in [0.2, 0.25) is 0 Å². The Balaban J connectivity index is 3.09. The smallest absolute Gasteiger partial charge is 0.271 e. The molecule has 0 fully saturated rings. The first kappa shape index (κ1) is 7.41. The lowest BCUT2D eigenvalue weighted by Crippen LogP contribution is -2.28. The number of nitrogens with zero attached hydrogens (tertiary/aromatic N) is 1. The molecule has 0 saturated heterocycles. The van der Waals surface area contributed by atoms with Crippen molar-refractivity contribution < 1.29 is 18.7 Å². The molecular weight excluding hydrogens is 153 g/mol. The van der Waals surface area contributed by atoms with Crippen LogP contribution in [0.4, 0.5) is 0 Å². The monoisotopic (exact) mass is 160 g/mol. The van der Waals surface area contributed by atoms with Crippen LogP contribution in [-0.2, 0) is 4.57 Å². The zero-order chi connectivity index (χ0) is 7.61. The van der Waals surface area contributed by atoms with E-state index in [0.717, 1.165) is 4.34 Å². The number of hydrogen-bond acceptors (Lipinski definition) is 1. The van der Waals surface area contributed by atoms with E-state index >= 15 is 0 Å². The van der Waals surface area contributed by atoms with Crippen molar-refractivity contribution in [1.29, 1.82) is 0 Å². The van der Waals surface area contributed by atoms with Crippen molar-refractivity contribution in [2.24, 2.45) is 0 Å². The van der Waals surface area contributed by atoms with Crippen LogP contribution in [0.5, 0.6) is 0 Å². The first-order valence-electron chi connectivity index (χ1n) is 2.63. The predicted octanol–water partition coefficient (Wildman–Crippen LogP) is -0.0851. The second-order valence-corrected chi connectivity index (χ2v) is 3.26. The first-order valence-corrected chi connectivity index (χ1v) is 4.20. The normalized spacial score (nSPS) is 11.4. The molecule has 0 bridgehead atoms. The standard InChI is InChI=1S/C5H6NO3P/c7-10(8,9)6-4-2-1-3-5-6/h1-5H,(H-,7,8,9)/p+1. The Hall–Kier alpha value is -0.700. The van der Waals surface area contributed by atoms with Crippen molar-refractivity contribution in [3.05, 3.63) is 30.6 Å². The van der Waals surface area contributed by atoms with Crippen molar-refractivity contribution in [2.45, 2.75) is 0 Å². The lowest BCUT2D eigenvalue weighted by molar-refractivity contribution is -0.539. The first-order chi connectivity index (χ1) is 4.61. The van der Waals surface area contributed by atoms with Crippen molar-refractivity contribution in [2.75, 3.05) is 0 Å². The van der Waals surface area contributed by atoms with E-state index in [1.54, 1.807) is 18.2 Å². The van der Waals surface area contributed by atoms with Crippen LogP contribution in [0.2, 0.25) is 0 Å². The lowest BCUT2D eigenvalue weighted by Gasteiger charge is -1.93. The highest BCUT2D eigenvalue weighted by molar-refractivity contribution is 7.44. The van der Waals surface area contributed by atoms with Crippen LogP contribution >= 0.6 is 7.75 Å². The average molecular weight is 160 g/mol. The Labute approximate surface area is 58.0 Å². The minimum absolute atomic E-state index is 0.854. The lowest BCUT2D eigenvalue weighted by atomic mass is 10.5. The van der Waals surface area contributed by atoms with Crippen LogP contribution in [0.15, 0.2) is 30.6 Å². The highest BCUT2D eigenvalue weighted by Gasteiger charge is 2.25. The summed E-state index contributed by atoms with van der Waals surface area (Å²) in [6.45, 7) is 0. The van der Waals surface area contributed by atoms with E-state index in [4.69, 9.17) is 9.79 Å². The van der Waals surface area contributed by atoms with Gasteiger partial charge >= 0.3 is 7.75 Å². The zero-order valence-corrected chi connectivity index (χ0v) is 5.98. The molecule has 0 atom stereocenters. The minimum atomic E-state index is -4.10. The number of pyridine rings is 1. The molecule has 10 heavy (non-hydrogen) atoms. The number of rotatable bonds is 1. The maximum Gasteiger partial charge on any atom is 0.607 e. The molecule has 0 saturated carbocycles. The number of aromatic nitrogens is 1. The van der Waals surface area contributed by atoms with Gasteiger partial charge in [-0.3, -0.25) is 9.79 Å². The van der Waals surface area contributed by atoms with Crippen LogP contribution in [0.25, 0.3) is 0 Å². The second kappa shape index (κ2) is 2.50. The summed E-state index contributed by atoms with van der Waals surface area (Å²) in [4.78, 5) is 17.1. The van der Waals surface area contributed by atoms with Gasteiger partial charge in [0.1, 0.15) is 0 Å². The Kier molecular flexibility index (Phi) is 1.85. The Morgan fingerprint density at radius 1 is 1.10 bits per heavy atom. The Morgan fingerprint density at radius 2 is 1.60 bits per heavy atom. The summed E-state index contributed by atoms with van der Waals surface area (Å²) in [6.07, 6.45) is 2.64. The molecule has 0 amide bonds. The fourth-order valence-electron chi connectivity index (χ4n) is 0.563. The summed E-state index contributed by atoms with van der Waals surface area (Å²) in [5, 5.41) is 0. The maximum absolute atomic E-state index is 10.5. The van der Waals surface area contributed by atoms with Crippen LogP contribution < -0.4 is 4.34 Å². The van der Waals surface area contributed by atoms with Gasteiger partial charge in [0.05, 0.1) is 0 Å². The largest absolute Gasteiger partial charge is 0.607 e.